The third-order valence-electron chi connectivity index (χ3n) is 4.03. The van der Waals surface area contributed by atoms with Crippen LogP contribution in [0.25, 0.3) is 0 Å². The molecule has 1 aromatic rings. The molecule has 0 atom stereocenters. The second kappa shape index (κ2) is 6.85. The van der Waals surface area contributed by atoms with E-state index in [0.717, 1.165) is 37.8 Å². The molecule has 0 spiro atoms. The van der Waals surface area contributed by atoms with E-state index in [1.165, 1.54) is 0 Å². The first-order valence-electron chi connectivity index (χ1n) is 7.67. The van der Waals surface area contributed by atoms with E-state index in [0.29, 0.717) is 13.1 Å². The maximum absolute atomic E-state index is 12.2. The van der Waals surface area contributed by atoms with Gasteiger partial charge in [-0.2, -0.15) is 0 Å². The second-order valence-corrected chi connectivity index (χ2v) is 7.57. The average Bonchev–Trinajstić information content (AvgIpc) is 3.24. The van der Waals surface area contributed by atoms with Crippen LogP contribution in [0.1, 0.15) is 45.1 Å². The van der Waals surface area contributed by atoms with Crippen molar-refractivity contribution < 1.29 is 8.42 Å². The monoisotopic (exact) mass is 311 g/mol. The number of rotatable bonds is 9. The molecule has 118 valence electrons. The predicted molar refractivity (Wildman–Crippen MR) is 83.4 cm³/mol. The van der Waals surface area contributed by atoms with Crippen LogP contribution in [0.5, 0.6) is 0 Å². The molecule has 0 bridgehead atoms. The molecule has 5 nitrogen and oxygen atoms in total. The molecule has 0 radical (unpaired) electrons. The predicted octanol–water partition coefficient (Wildman–Crippen LogP) is 2.05. The van der Waals surface area contributed by atoms with Crippen molar-refractivity contribution >= 4 is 10.0 Å². The van der Waals surface area contributed by atoms with Crippen LogP contribution >= 0.6 is 0 Å². The molecule has 1 aliphatic rings. The highest BCUT2D eigenvalue weighted by Crippen LogP contribution is 2.49. The lowest BCUT2D eigenvalue weighted by molar-refractivity contribution is 0.449. The van der Waals surface area contributed by atoms with E-state index < -0.39 is 10.0 Å². The maximum Gasteiger partial charge on any atom is 0.258 e. The largest absolute Gasteiger partial charge is 0.313 e. The Morgan fingerprint density at radius 2 is 2.05 bits per heavy atom. The molecule has 2 N–H and O–H groups in total. The van der Waals surface area contributed by atoms with Gasteiger partial charge in [0.2, 0.25) is 0 Å². The molecular weight excluding hydrogens is 286 g/mol. The molecule has 1 aliphatic carbocycles. The summed E-state index contributed by atoms with van der Waals surface area (Å²) in [5.41, 5.74) is 1.19. The lowest BCUT2D eigenvalue weighted by atomic mass is 10.0. The van der Waals surface area contributed by atoms with E-state index in [-0.39, 0.29) is 10.4 Å². The Bertz CT molecular complexity index is 551. The first-order valence-corrected chi connectivity index (χ1v) is 9.15. The highest BCUT2D eigenvalue weighted by molar-refractivity contribution is 7.89. The summed E-state index contributed by atoms with van der Waals surface area (Å²) in [5.74, 6) is 0. The van der Waals surface area contributed by atoms with Crippen LogP contribution in [-0.4, -0.2) is 26.5 Å². The molecule has 6 heteroatoms. The molecule has 1 fully saturated rings. The fourth-order valence-electron chi connectivity index (χ4n) is 2.49. The Morgan fingerprint density at radius 1 is 1.29 bits per heavy atom. The van der Waals surface area contributed by atoms with E-state index >= 15 is 0 Å². The van der Waals surface area contributed by atoms with Gasteiger partial charge in [0.05, 0.1) is 0 Å². The SMILES string of the molecule is CCCC1(CNS(=O)(=O)c2ccc(CNCC)cn2)CC1. The van der Waals surface area contributed by atoms with Crippen LogP contribution in [0, 0.1) is 5.41 Å². The van der Waals surface area contributed by atoms with Crippen molar-refractivity contribution in [1.29, 1.82) is 0 Å². The van der Waals surface area contributed by atoms with Crippen molar-refractivity contribution in [3.8, 4) is 0 Å². The van der Waals surface area contributed by atoms with Gasteiger partial charge >= 0.3 is 0 Å². The van der Waals surface area contributed by atoms with E-state index in [2.05, 4.69) is 21.9 Å². The normalized spacial score (nSPS) is 16.9. The van der Waals surface area contributed by atoms with Crippen molar-refractivity contribution in [2.24, 2.45) is 5.41 Å². The number of hydrogen-bond acceptors (Lipinski definition) is 4. The highest BCUT2D eigenvalue weighted by Gasteiger charge is 2.42. The first-order chi connectivity index (χ1) is 10.0. The first kappa shape index (κ1) is 16.4. The van der Waals surface area contributed by atoms with Gasteiger partial charge in [0, 0.05) is 19.3 Å². The zero-order valence-corrected chi connectivity index (χ0v) is 13.7. The topological polar surface area (TPSA) is 71.1 Å². The van der Waals surface area contributed by atoms with Crippen molar-refractivity contribution in [1.82, 2.24) is 15.0 Å². The summed E-state index contributed by atoms with van der Waals surface area (Å²) in [7, 11) is -3.49. The number of hydrogen-bond donors (Lipinski definition) is 2. The highest BCUT2D eigenvalue weighted by atomic mass is 32.2. The lowest BCUT2D eigenvalue weighted by Crippen LogP contribution is -2.31. The lowest BCUT2D eigenvalue weighted by Gasteiger charge is -2.14. The van der Waals surface area contributed by atoms with Gasteiger partial charge in [-0.3, -0.25) is 0 Å². The molecule has 0 amide bonds. The van der Waals surface area contributed by atoms with Crippen LogP contribution < -0.4 is 10.0 Å². The summed E-state index contributed by atoms with van der Waals surface area (Å²) in [6.45, 7) is 6.28. The number of nitrogens with one attached hydrogen (secondary N) is 2. The van der Waals surface area contributed by atoms with Crippen molar-refractivity contribution in [3.05, 3.63) is 23.9 Å². The zero-order chi connectivity index (χ0) is 15.3. The standard InChI is InChI=1S/C15H25N3O2S/c1-3-7-15(8-9-15)12-18-21(19,20)14-6-5-13(11-17-14)10-16-4-2/h5-6,11,16,18H,3-4,7-10,12H2,1-2H3. The summed E-state index contributed by atoms with van der Waals surface area (Å²) in [6.07, 6.45) is 6.05. The van der Waals surface area contributed by atoms with E-state index in [1.54, 1.807) is 12.3 Å². The van der Waals surface area contributed by atoms with Gasteiger partial charge in [-0.25, -0.2) is 18.1 Å². The van der Waals surface area contributed by atoms with Crippen LogP contribution in [-0.2, 0) is 16.6 Å². The number of pyridine rings is 1. The fourth-order valence-corrected chi connectivity index (χ4v) is 3.57. The van der Waals surface area contributed by atoms with Crippen molar-refractivity contribution in [2.45, 2.75) is 51.1 Å². The maximum atomic E-state index is 12.2. The molecule has 1 saturated carbocycles. The quantitative estimate of drug-likeness (QED) is 0.732. The molecule has 0 saturated heterocycles. The number of nitrogens with zero attached hydrogens (tertiary/aromatic N) is 1. The van der Waals surface area contributed by atoms with E-state index in [4.69, 9.17) is 0 Å². The third-order valence-corrected chi connectivity index (χ3v) is 5.34. The summed E-state index contributed by atoms with van der Waals surface area (Å²) >= 11 is 0. The van der Waals surface area contributed by atoms with Gasteiger partial charge in [-0.1, -0.05) is 26.3 Å². The van der Waals surface area contributed by atoms with Gasteiger partial charge in [0.1, 0.15) is 0 Å². The Kier molecular flexibility index (Phi) is 5.35. The number of sulfonamides is 1. The van der Waals surface area contributed by atoms with E-state index in [1.807, 2.05) is 13.0 Å². The summed E-state index contributed by atoms with van der Waals surface area (Å²) in [5, 5.41) is 3.29. The van der Waals surface area contributed by atoms with Crippen LogP contribution in [0.2, 0.25) is 0 Å². The minimum atomic E-state index is -3.49. The summed E-state index contributed by atoms with van der Waals surface area (Å²) in [4.78, 5) is 4.08. The minimum absolute atomic E-state index is 0.107. The van der Waals surface area contributed by atoms with Crippen LogP contribution in [0.4, 0.5) is 0 Å². The Hall–Kier alpha value is -0.980. The van der Waals surface area contributed by atoms with Crippen molar-refractivity contribution in [2.75, 3.05) is 13.1 Å². The summed E-state index contributed by atoms with van der Waals surface area (Å²) < 4.78 is 27.2. The Balaban J connectivity index is 1.96. The van der Waals surface area contributed by atoms with Gasteiger partial charge < -0.3 is 5.32 Å². The van der Waals surface area contributed by atoms with Crippen LogP contribution in [0.15, 0.2) is 23.4 Å². The third kappa shape index (κ3) is 4.49. The Morgan fingerprint density at radius 3 is 2.57 bits per heavy atom. The average molecular weight is 311 g/mol. The van der Waals surface area contributed by atoms with E-state index in [9.17, 15) is 8.42 Å². The molecule has 21 heavy (non-hydrogen) atoms. The van der Waals surface area contributed by atoms with Crippen LogP contribution in [0.3, 0.4) is 0 Å². The molecule has 0 aromatic carbocycles. The summed E-state index contributed by atoms with van der Waals surface area (Å²) in [6, 6.07) is 3.39. The molecular formula is C15H25N3O2S. The Labute approximate surface area is 127 Å². The fraction of sp³-hybridized carbons (Fsp3) is 0.667. The number of aromatic nitrogens is 1. The van der Waals surface area contributed by atoms with Gasteiger partial charge in [-0.05, 0) is 42.9 Å². The van der Waals surface area contributed by atoms with Gasteiger partial charge in [0.25, 0.3) is 10.0 Å². The molecule has 2 rings (SSSR count). The second-order valence-electron chi connectivity index (χ2n) is 5.86. The zero-order valence-electron chi connectivity index (χ0n) is 12.9. The van der Waals surface area contributed by atoms with Crippen molar-refractivity contribution in [3.63, 3.8) is 0 Å². The molecule has 1 heterocycles. The molecule has 1 aromatic heterocycles. The minimum Gasteiger partial charge on any atom is -0.313 e. The smallest absolute Gasteiger partial charge is 0.258 e. The van der Waals surface area contributed by atoms with Gasteiger partial charge in [0.15, 0.2) is 5.03 Å². The van der Waals surface area contributed by atoms with Gasteiger partial charge in [-0.15, -0.1) is 0 Å². The molecule has 0 unspecified atom stereocenters. The molecule has 0 aliphatic heterocycles.